The van der Waals surface area contributed by atoms with Gasteiger partial charge in [0.25, 0.3) is 0 Å². The molecule has 1 fully saturated rings. The van der Waals surface area contributed by atoms with Crippen molar-refractivity contribution in [3.63, 3.8) is 0 Å². The molecule has 0 aliphatic carbocycles. The van der Waals surface area contributed by atoms with Gasteiger partial charge in [-0.2, -0.15) is 4.31 Å². The summed E-state index contributed by atoms with van der Waals surface area (Å²) in [5.41, 5.74) is 6.90. The van der Waals surface area contributed by atoms with Crippen molar-refractivity contribution in [3.8, 4) is 5.75 Å². The summed E-state index contributed by atoms with van der Waals surface area (Å²) in [7, 11) is 1.06. The molecule has 0 spiro atoms. The molecule has 0 unspecified atom stereocenters. The zero-order valence-electron chi connectivity index (χ0n) is 21.7. The van der Waals surface area contributed by atoms with Gasteiger partial charge in [0.1, 0.15) is 12.4 Å². The van der Waals surface area contributed by atoms with E-state index in [1.807, 2.05) is 0 Å². The smallest absolute Gasteiger partial charge is 0.248 e. The Hall–Kier alpha value is -2.21. The van der Waals surface area contributed by atoms with E-state index in [9.17, 15) is 18.0 Å². The van der Waals surface area contributed by atoms with Gasteiger partial charge in [-0.25, -0.2) is 8.42 Å². The summed E-state index contributed by atoms with van der Waals surface area (Å²) in [5, 5.41) is 0. The molecular formula is C24H40N4O6S. The standard InChI is InChI=1S/C24H40N4O6S/c1-17-13-21(33-6)14-18(2)23(17)35(31,32)27(5)11-12-34-16-22(29)26(4)15-20-7-9-28(10-8-20)24(30)19(3)25/h13-14,19-20H,7-12,15-16,25H2,1-6H3/t19-/m0/s1. The van der Waals surface area contributed by atoms with Crippen LogP contribution in [0.15, 0.2) is 17.0 Å². The summed E-state index contributed by atoms with van der Waals surface area (Å²) in [6.07, 6.45) is 1.65. The van der Waals surface area contributed by atoms with Gasteiger partial charge in [-0.3, -0.25) is 9.59 Å². The number of likely N-dealkylation sites (tertiary alicyclic amines) is 1. The summed E-state index contributed by atoms with van der Waals surface area (Å²) in [6.45, 7) is 7.16. The van der Waals surface area contributed by atoms with E-state index in [0.717, 1.165) is 12.8 Å². The number of carbonyl (C=O) groups excluding carboxylic acids is 2. The highest BCUT2D eigenvalue weighted by Crippen LogP contribution is 2.27. The maximum absolute atomic E-state index is 13.1. The number of amides is 2. The second kappa shape index (κ2) is 12.7. The number of ether oxygens (including phenoxy) is 2. The first-order chi connectivity index (χ1) is 16.4. The molecule has 1 aliphatic heterocycles. The molecule has 2 amide bonds. The number of nitrogens with two attached hydrogens (primary N) is 1. The summed E-state index contributed by atoms with van der Waals surface area (Å²) < 4.78 is 38.1. The van der Waals surface area contributed by atoms with Crippen LogP contribution in [0.4, 0.5) is 0 Å². The van der Waals surface area contributed by atoms with Gasteiger partial charge in [-0.15, -0.1) is 0 Å². The van der Waals surface area contributed by atoms with E-state index in [-0.39, 0.29) is 36.5 Å². The van der Waals surface area contributed by atoms with E-state index in [1.165, 1.54) is 11.4 Å². The normalized spacial score (nSPS) is 15.8. The summed E-state index contributed by atoms with van der Waals surface area (Å²) in [4.78, 5) is 28.1. The third kappa shape index (κ3) is 7.63. The number of hydrogen-bond acceptors (Lipinski definition) is 7. The fourth-order valence-corrected chi connectivity index (χ4v) is 5.85. The number of methoxy groups -OCH3 is 1. The van der Waals surface area contributed by atoms with Crippen LogP contribution in [0.5, 0.6) is 5.75 Å². The van der Waals surface area contributed by atoms with E-state index in [1.54, 1.807) is 56.9 Å². The Bertz CT molecular complexity index is 967. The van der Waals surface area contributed by atoms with Crippen LogP contribution >= 0.6 is 0 Å². The SMILES string of the molecule is COc1cc(C)c(S(=O)(=O)N(C)CCOCC(=O)N(C)CC2CCN(C(=O)[C@H](C)N)CC2)c(C)c1. The number of rotatable bonds is 11. The molecule has 35 heavy (non-hydrogen) atoms. The second-order valence-corrected chi connectivity index (χ2v) is 11.3. The minimum Gasteiger partial charge on any atom is -0.497 e. The first-order valence-electron chi connectivity index (χ1n) is 11.9. The van der Waals surface area contributed by atoms with Crippen LogP contribution in [0.1, 0.15) is 30.9 Å². The Kier molecular flexibility index (Phi) is 10.5. The van der Waals surface area contributed by atoms with Crippen molar-refractivity contribution in [1.29, 1.82) is 0 Å². The lowest BCUT2D eigenvalue weighted by Crippen LogP contribution is -2.47. The Morgan fingerprint density at radius 3 is 2.26 bits per heavy atom. The minimum atomic E-state index is -3.71. The molecule has 1 aliphatic rings. The van der Waals surface area contributed by atoms with Crippen molar-refractivity contribution >= 4 is 21.8 Å². The zero-order chi connectivity index (χ0) is 26.3. The van der Waals surface area contributed by atoms with E-state index < -0.39 is 16.1 Å². The molecule has 0 aromatic heterocycles. The van der Waals surface area contributed by atoms with Crippen LogP contribution in [0.3, 0.4) is 0 Å². The molecular weight excluding hydrogens is 472 g/mol. The van der Waals surface area contributed by atoms with Crippen LogP contribution in [0, 0.1) is 19.8 Å². The quantitative estimate of drug-likeness (QED) is 0.439. The van der Waals surface area contributed by atoms with Crippen molar-refractivity contribution in [3.05, 3.63) is 23.3 Å². The maximum Gasteiger partial charge on any atom is 0.248 e. The van der Waals surface area contributed by atoms with E-state index in [4.69, 9.17) is 15.2 Å². The molecule has 1 heterocycles. The maximum atomic E-state index is 13.1. The Balaban J connectivity index is 1.78. The van der Waals surface area contributed by atoms with Gasteiger partial charge in [0.05, 0.1) is 24.7 Å². The van der Waals surface area contributed by atoms with Gasteiger partial charge < -0.3 is 25.0 Å². The van der Waals surface area contributed by atoms with Gasteiger partial charge in [0.15, 0.2) is 0 Å². The minimum absolute atomic E-state index is 0.0365. The molecule has 1 atom stereocenters. The number of nitrogens with zero attached hydrogens (tertiary/aromatic N) is 3. The lowest BCUT2D eigenvalue weighted by atomic mass is 9.96. The molecule has 0 saturated carbocycles. The summed E-state index contributed by atoms with van der Waals surface area (Å²) in [6, 6.07) is 2.89. The molecule has 1 saturated heterocycles. The lowest BCUT2D eigenvalue weighted by Gasteiger charge is -2.34. The van der Waals surface area contributed by atoms with Crippen molar-refractivity contribution in [2.75, 3.05) is 60.6 Å². The molecule has 2 rings (SSSR count). The van der Waals surface area contributed by atoms with Crippen LogP contribution in [-0.2, 0) is 24.3 Å². The number of carbonyl (C=O) groups is 2. The third-order valence-corrected chi connectivity index (χ3v) is 8.55. The predicted octanol–water partition coefficient (Wildman–Crippen LogP) is 0.993. The first-order valence-corrected chi connectivity index (χ1v) is 13.3. The highest BCUT2D eigenvalue weighted by Gasteiger charge is 2.27. The van der Waals surface area contributed by atoms with Gasteiger partial charge >= 0.3 is 0 Å². The fourth-order valence-electron chi connectivity index (χ4n) is 4.29. The van der Waals surface area contributed by atoms with Crippen molar-refractivity contribution in [2.24, 2.45) is 11.7 Å². The number of piperidine rings is 1. The van der Waals surface area contributed by atoms with E-state index in [0.29, 0.717) is 42.4 Å². The van der Waals surface area contributed by atoms with Gasteiger partial charge in [0.2, 0.25) is 21.8 Å². The fraction of sp³-hybridized carbons (Fsp3) is 0.667. The Labute approximate surface area is 209 Å². The topological polar surface area (TPSA) is 122 Å². The Morgan fingerprint density at radius 1 is 1.17 bits per heavy atom. The number of hydrogen-bond donors (Lipinski definition) is 1. The number of aryl methyl sites for hydroxylation is 2. The Morgan fingerprint density at radius 2 is 1.74 bits per heavy atom. The molecule has 0 bridgehead atoms. The monoisotopic (exact) mass is 512 g/mol. The summed E-state index contributed by atoms with van der Waals surface area (Å²) >= 11 is 0. The first kappa shape index (κ1) is 29.0. The molecule has 1 aromatic carbocycles. The summed E-state index contributed by atoms with van der Waals surface area (Å²) in [5.74, 6) is 0.724. The molecule has 198 valence electrons. The average molecular weight is 513 g/mol. The van der Waals surface area contributed by atoms with E-state index in [2.05, 4.69) is 0 Å². The van der Waals surface area contributed by atoms with Crippen LogP contribution < -0.4 is 10.5 Å². The molecule has 2 N–H and O–H groups in total. The lowest BCUT2D eigenvalue weighted by molar-refractivity contribution is -0.137. The largest absolute Gasteiger partial charge is 0.497 e. The second-order valence-electron chi connectivity index (χ2n) is 9.30. The van der Waals surface area contributed by atoms with Crippen LogP contribution in [-0.4, -0.2) is 101 Å². The number of likely N-dealkylation sites (N-methyl/N-ethyl adjacent to an activating group) is 2. The number of sulfonamides is 1. The molecule has 10 nitrogen and oxygen atoms in total. The molecule has 0 radical (unpaired) electrons. The van der Waals surface area contributed by atoms with Crippen molar-refractivity contribution in [1.82, 2.24) is 14.1 Å². The van der Waals surface area contributed by atoms with Crippen molar-refractivity contribution < 1.29 is 27.5 Å². The molecule has 11 heteroatoms. The zero-order valence-corrected chi connectivity index (χ0v) is 22.6. The van der Waals surface area contributed by atoms with Gasteiger partial charge in [-0.1, -0.05) is 0 Å². The highest BCUT2D eigenvalue weighted by molar-refractivity contribution is 7.89. The van der Waals surface area contributed by atoms with Crippen molar-refractivity contribution in [2.45, 2.75) is 44.6 Å². The number of benzene rings is 1. The van der Waals surface area contributed by atoms with E-state index >= 15 is 0 Å². The highest BCUT2D eigenvalue weighted by atomic mass is 32.2. The van der Waals surface area contributed by atoms with Crippen LogP contribution in [0.25, 0.3) is 0 Å². The van der Waals surface area contributed by atoms with Crippen LogP contribution in [0.2, 0.25) is 0 Å². The third-order valence-electron chi connectivity index (χ3n) is 6.39. The van der Waals surface area contributed by atoms with Gasteiger partial charge in [-0.05, 0) is 62.8 Å². The predicted molar refractivity (Wildman–Crippen MR) is 134 cm³/mol. The molecule has 1 aromatic rings. The average Bonchev–Trinajstić information content (AvgIpc) is 2.80. The van der Waals surface area contributed by atoms with Gasteiger partial charge in [0, 0.05) is 40.3 Å².